The van der Waals surface area contributed by atoms with E-state index in [-0.39, 0.29) is 11.9 Å². The lowest BCUT2D eigenvalue weighted by Gasteiger charge is -2.08. The van der Waals surface area contributed by atoms with Gasteiger partial charge in [0, 0.05) is 31.0 Å². The first kappa shape index (κ1) is 15.7. The molecular weight excluding hydrogens is 312 g/mol. The molecule has 0 fully saturated rings. The maximum Gasteiger partial charge on any atom is 0.337 e. The van der Waals surface area contributed by atoms with E-state index in [4.69, 9.17) is 0 Å². The van der Waals surface area contributed by atoms with Crippen LogP contribution >= 0.6 is 15.9 Å². The van der Waals surface area contributed by atoms with E-state index in [9.17, 15) is 9.59 Å². The molecule has 0 heterocycles. The Morgan fingerprint density at radius 3 is 2.68 bits per heavy atom. The molecule has 5 nitrogen and oxygen atoms in total. The highest BCUT2D eigenvalue weighted by Crippen LogP contribution is 2.19. The summed E-state index contributed by atoms with van der Waals surface area (Å²) in [7, 11) is 2.97. The Kier molecular flexibility index (Phi) is 6.52. The monoisotopic (exact) mass is 328 g/mol. The predicted octanol–water partition coefficient (Wildman–Crippen LogP) is 1.46. The van der Waals surface area contributed by atoms with Crippen molar-refractivity contribution >= 4 is 27.8 Å². The van der Waals surface area contributed by atoms with Crippen LogP contribution in [0, 0.1) is 0 Å². The van der Waals surface area contributed by atoms with Gasteiger partial charge in [0.05, 0.1) is 12.7 Å². The third kappa shape index (κ3) is 5.00. The molecule has 1 aromatic carbocycles. The fraction of sp³-hybridized carbons (Fsp3) is 0.385. The molecule has 0 radical (unpaired) electrons. The van der Waals surface area contributed by atoms with Gasteiger partial charge < -0.3 is 15.4 Å². The fourth-order valence-electron chi connectivity index (χ4n) is 1.49. The highest BCUT2D eigenvalue weighted by Gasteiger charge is 2.08. The molecule has 0 aliphatic heterocycles. The molecule has 1 amide bonds. The van der Waals surface area contributed by atoms with Crippen molar-refractivity contribution < 1.29 is 14.3 Å². The van der Waals surface area contributed by atoms with Gasteiger partial charge in [0.15, 0.2) is 0 Å². The van der Waals surface area contributed by atoms with Crippen molar-refractivity contribution in [2.24, 2.45) is 0 Å². The number of methoxy groups -OCH3 is 1. The van der Waals surface area contributed by atoms with Gasteiger partial charge in [0.1, 0.15) is 0 Å². The lowest BCUT2D eigenvalue weighted by Crippen LogP contribution is -2.24. The van der Waals surface area contributed by atoms with Gasteiger partial charge in [-0.25, -0.2) is 4.79 Å². The van der Waals surface area contributed by atoms with Gasteiger partial charge in [-0.05, 0) is 17.7 Å². The smallest absolute Gasteiger partial charge is 0.337 e. The number of carbonyl (C=O) groups excluding carboxylic acids is 2. The van der Waals surface area contributed by atoms with Crippen molar-refractivity contribution in [3.05, 3.63) is 33.8 Å². The first-order valence-electron chi connectivity index (χ1n) is 5.86. The third-order valence-corrected chi connectivity index (χ3v) is 3.34. The first-order valence-corrected chi connectivity index (χ1v) is 6.65. The summed E-state index contributed by atoms with van der Waals surface area (Å²) in [6.45, 7) is 1.23. The topological polar surface area (TPSA) is 67.4 Å². The van der Waals surface area contributed by atoms with Gasteiger partial charge in [-0.2, -0.15) is 0 Å². The maximum atomic E-state index is 11.3. The number of benzene rings is 1. The minimum absolute atomic E-state index is 0.00704. The predicted molar refractivity (Wildman–Crippen MR) is 75.9 cm³/mol. The number of halogens is 1. The number of amides is 1. The molecular formula is C13H17BrN2O3. The van der Waals surface area contributed by atoms with Crippen LogP contribution in [0.3, 0.4) is 0 Å². The highest BCUT2D eigenvalue weighted by molar-refractivity contribution is 9.10. The van der Waals surface area contributed by atoms with E-state index in [0.29, 0.717) is 25.1 Å². The Bertz CT molecular complexity index is 463. The number of hydrogen-bond donors (Lipinski definition) is 2. The molecule has 104 valence electrons. The molecule has 0 bridgehead atoms. The van der Waals surface area contributed by atoms with Crippen LogP contribution in [0.2, 0.25) is 0 Å². The zero-order chi connectivity index (χ0) is 14.3. The second kappa shape index (κ2) is 7.91. The summed E-state index contributed by atoms with van der Waals surface area (Å²) in [5, 5.41) is 5.73. The zero-order valence-corrected chi connectivity index (χ0v) is 12.5. The van der Waals surface area contributed by atoms with E-state index in [0.717, 1.165) is 10.0 Å². The quantitative estimate of drug-likeness (QED) is 0.613. The molecule has 0 saturated carbocycles. The van der Waals surface area contributed by atoms with E-state index < -0.39 is 0 Å². The lowest BCUT2D eigenvalue weighted by molar-refractivity contribution is -0.120. The summed E-state index contributed by atoms with van der Waals surface area (Å²) in [6.07, 6.45) is 0.439. The fourth-order valence-corrected chi connectivity index (χ4v) is 2.00. The number of carbonyl (C=O) groups is 2. The van der Waals surface area contributed by atoms with Crippen LogP contribution in [0.5, 0.6) is 0 Å². The van der Waals surface area contributed by atoms with E-state index in [1.165, 1.54) is 7.11 Å². The van der Waals surface area contributed by atoms with Crippen LogP contribution < -0.4 is 10.6 Å². The van der Waals surface area contributed by atoms with Crippen LogP contribution in [-0.4, -0.2) is 32.6 Å². The van der Waals surface area contributed by atoms with Gasteiger partial charge in [0.25, 0.3) is 0 Å². The molecule has 0 aromatic heterocycles. The number of hydrogen-bond acceptors (Lipinski definition) is 4. The van der Waals surface area contributed by atoms with Gasteiger partial charge in [-0.15, -0.1) is 0 Å². The Labute approximate surface area is 120 Å². The minimum Gasteiger partial charge on any atom is -0.465 e. The van der Waals surface area contributed by atoms with Crippen molar-refractivity contribution in [3.8, 4) is 0 Å². The van der Waals surface area contributed by atoms with E-state index in [2.05, 4.69) is 31.3 Å². The minimum atomic E-state index is -0.361. The summed E-state index contributed by atoms with van der Waals surface area (Å²) in [5.74, 6) is -0.354. The molecule has 2 N–H and O–H groups in total. The summed E-state index contributed by atoms with van der Waals surface area (Å²) < 4.78 is 5.48. The number of nitrogens with one attached hydrogen (secondary N) is 2. The van der Waals surface area contributed by atoms with Crippen molar-refractivity contribution in [3.63, 3.8) is 0 Å². The van der Waals surface area contributed by atoms with Crippen LogP contribution in [0.1, 0.15) is 22.3 Å². The first-order chi connectivity index (χ1) is 9.08. The van der Waals surface area contributed by atoms with E-state index in [1.807, 2.05) is 6.07 Å². The average Bonchev–Trinajstić information content (AvgIpc) is 2.43. The van der Waals surface area contributed by atoms with Crippen molar-refractivity contribution in [2.45, 2.75) is 13.0 Å². The standard InChI is InChI=1S/C13H17BrN2O3/c1-15-12(17)5-6-16-8-10-4-3-9(7-11(10)14)13(18)19-2/h3-4,7,16H,5-6,8H2,1-2H3,(H,15,17). The molecule has 1 aromatic rings. The Morgan fingerprint density at radius 2 is 2.11 bits per heavy atom. The summed E-state index contributed by atoms with van der Waals surface area (Å²) >= 11 is 3.41. The lowest BCUT2D eigenvalue weighted by atomic mass is 10.1. The molecule has 0 aliphatic rings. The maximum absolute atomic E-state index is 11.3. The van der Waals surface area contributed by atoms with Gasteiger partial charge in [-0.3, -0.25) is 4.79 Å². The molecule has 0 saturated heterocycles. The third-order valence-electron chi connectivity index (χ3n) is 2.60. The largest absolute Gasteiger partial charge is 0.465 e. The molecule has 0 atom stereocenters. The van der Waals surface area contributed by atoms with Crippen molar-refractivity contribution in [2.75, 3.05) is 20.7 Å². The van der Waals surface area contributed by atoms with Gasteiger partial charge >= 0.3 is 5.97 Å². The highest BCUT2D eigenvalue weighted by atomic mass is 79.9. The molecule has 0 unspecified atom stereocenters. The number of esters is 1. The second-order valence-corrected chi connectivity index (χ2v) is 4.75. The Balaban J connectivity index is 2.51. The van der Waals surface area contributed by atoms with Crippen molar-refractivity contribution in [1.82, 2.24) is 10.6 Å². The summed E-state index contributed by atoms with van der Waals surface area (Å²) in [4.78, 5) is 22.4. The molecule has 1 rings (SSSR count). The molecule has 19 heavy (non-hydrogen) atoms. The Morgan fingerprint density at radius 1 is 1.37 bits per heavy atom. The molecule has 0 spiro atoms. The zero-order valence-electron chi connectivity index (χ0n) is 11.0. The van der Waals surface area contributed by atoms with E-state index in [1.54, 1.807) is 19.2 Å². The average molecular weight is 329 g/mol. The van der Waals surface area contributed by atoms with Crippen LogP contribution in [-0.2, 0) is 16.1 Å². The molecule has 6 heteroatoms. The Hall–Kier alpha value is -1.40. The van der Waals surface area contributed by atoms with Crippen LogP contribution in [0.15, 0.2) is 22.7 Å². The number of rotatable bonds is 6. The number of ether oxygens (including phenoxy) is 1. The second-order valence-electron chi connectivity index (χ2n) is 3.90. The summed E-state index contributed by atoms with van der Waals surface area (Å²) in [5.41, 5.74) is 1.52. The van der Waals surface area contributed by atoms with Crippen molar-refractivity contribution in [1.29, 1.82) is 0 Å². The van der Waals surface area contributed by atoms with E-state index >= 15 is 0 Å². The van der Waals surface area contributed by atoms with Crippen LogP contribution in [0.4, 0.5) is 0 Å². The van der Waals surface area contributed by atoms with Crippen LogP contribution in [0.25, 0.3) is 0 Å². The normalized spacial score (nSPS) is 10.1. The summed E-state index contributed by atoms with van der Waals surface area (Å²) in [6, 6.07) is 5.29. The van der Waals surface area contributed by atoms with Gasteiger partial charge in [0.2, 0.25) is 5.91 Å². The SMILES string of the molecule is CNC(=O)CCNCc1ccc(C(=O)OC)cc1Br. The molecule has 0 aliphatic carbocycles. The van der Waals surface area contributed by atoms with Gasteiger partial charge in [-0.1, -0.05) is 22.0 Å².